The van der Waals surface area contributed by atoms with E-state index < -0.39 is 5.97 Å². The molecule has 21 heavy (non-hydrogen) atoms. The molecule has 0 bridgehead atoms. The zero-order chi connectivity index (χ0) is 15.0. The summed E-state index contributed by atoms with van der Waals surface area (Å²) in [6.45, 7) is 4.31. The van der Waals surface area contributed by atoms with Gasteiger partial charge in [-0.25, -0.2) is 4.98 Å². The lowest BCUT2D eigenvalue weighted by atomic mass is 10.0. The number of carboxylic acid groups (broad SMARTS) is 1. The number of hydrogen-bond acceptors (Lipinski definition) is 3. The molecule has 0 unspecified atom stereocenters. The Hall–Kier alpha value is -2.14. The minimum Gasteiger partial charge on any atom is -0.481 e. The fraction of sp³-hybridized carbons (Fsp3) is 0.250. The number of imidazole rings is 1. The van der Waals surface area contributed by atoms with Crippen LogP contribution in [0.4, 0.5) is 0 Å². The number of carbonyl (C=O) groups is 1. The highest BCUT2D eigenvalue weighted by molar-refractivity contribution is 7.17. The van der Waals surface area contributed by atoms with Crippen molar-refractivity contribution in [3.63, 3.8) is 0 Å². The topological polar surface area (TPSA) is 54.6 Å². The average molecular weight is 300 g/mol. The van der Waals surface area contributed by atoms with E-state index in [9.17, 15) is 4.79 Å². The summed E-state index contributed by atoms with van der Waals surface area (Å²) < 4.78 is 1.97. The highest BCUT2D eigenvalue weighted by Crippen LogP contribution is 2.32. The molecule has 0 aliphatic rings. The van der Waals surface area contributed by atoms with Gasteiger partial charge in [0.1, 0.15) is 0 Å². The molecule has 4 nitrogen and oxygen atoms in total. The van der Waals surface area contributed by atoms with Crippen LogP contribution in [0.15, 0.2) is 36.7 Å². The van der Waals surface area contributed by atoms with E-state index in [0.29, 0.717) is 5.92 Å². The second-order valence-electron chi connectivity index (χ2n) is 5.30. The van der Waals surface area contributed by atoms with Crippen LogP contribution in [0.2, 0.25) is 0 Å². The Morgan fingerprint density at radius 1 is 1.33 bits per heavy atom. The smallest absolute Gasteiger partial charge is 0.308 e. The van der Waals surface area contributed by atoms with Gasteiger partial charge in [-0.1, -0.05) is 38.1 Å². The normalized spacial score (nSPS) is 11.4. The van der Waals surface area contributed by atoms with Crippen molar-refractivity contribution in [2.45, 2.75) is 26.2 Å². The Labute approximate surface area is 126 Å². The Bertz CT molecular complexity index is 784. The van der Waals surface area contributed by atoms with Crippen molar-refractivity contribution in [3.8, 4) is 11.3 Å². The highest BCUT2D eigenvalue weighted by Gasteiger charge is 2.17. The Morgan fingerprint density at radius 2 is 2.05 bits per heavy atom. The predicted molar refractivity (Wildman–Crippen MR) is 83.9 cm³/mol. The number of aromatic nitrogens is 2. The molecule has 108 valence electrons. The summed E-state index contributed by atoms with van der Waals surface area (Å²) in [5.41, 5.74) is 3.24. The van der Waals surface area contributed by atoms with Crippen LogP contribution in [0.1, 0.15) is 30.2 Å². The minimum atomic E-state index is -0.820. The van der Waals surface area contributed by atoms with Gasteiger partial charge in [-0.05, 0) is 17.0 Å². The lowest BCUT2D eigenvalue weighted by Crippen LogP contribution is -2.00. The van der Waals surface area contributed by atoms with E-state index in [1.165, 1.54) is 16.9 Å². The third kappa shape index (κ3) is 2.56. The molecule has 3 rings (SSSR count). The molecule has 0 aliphatic heterocycles. The first-order valence-corrected chi connectivity index (χ1v) is 7.64. The number of rotatable bonds is 4. The zero-order valence-electron chi connectivity index (χ0n) is 11.9. The summed E-state index contributed by atoms with van der Waals surface area (Å²) in [7, 11) is 0. The van der Waals surface area contributed by atoms with Crippen LogP contribution in [-0.2, 0) is 11.2 Å². The van der Waals surface area contributed by atoms with E-state index in [0.717, 1.165) is 21.1 Å². The number of benzene rings is 1. The van der Waals surface area contributed by atoms with E-state index in [1.54, 1.807) is 6.20 Å². The van der Waals surface area contributed by atoms with Crippen LogP contribution < -0.4 is 0 Å². The van der Waals surface area contributed by atoms with Crippen molar-refractivity contribution in [1.82, 2.24) is 9.38 Å². The van der Waals surface area contributed by atoms with Crippen molar-refractivity contribution >= 4 is 22.3 Å². The van der Waals surface area contributed by atoms with Crippen molar-refractivity contribution in [2.75, 3.05) is 0 Å². The quantitative estimate of drug-likeness (QED) is 0.797. The van der Waals surface area contributed by atoms with Crippen molar-refractivity contribution < 1.29 is 9.90 Å². The second kappa shape index (κ2) is 5.33. The largest absolute Gasteiger partial charge is 0.481 e. The van der Waals surface area contributed by atoms with Crippen LogP contribution in [0.25, 0.3) is 16.2 Å². The van der Waals surface area contributed by atoms with Crippen molar-refractivity contribution in [2.24, 2.45) is 0 Å². The van der Waals surface area contributed by atoms with Crippen LogP contribution in [-0.4, -0.2) is 20.5 Å². The summed E-state index contributed by atoms with van der Waals surface area (Å²) >= 11 is 1.44. The number of carboxylic acids is 1. The SMILES string of the molecule is CC(C)c1ccc(-c2c(CC(=O)O)sc3nccn23)cc1. The standard InChI is InChI=1S/C16H16N2O2S/c1-10(2)11-3-5-12(6-4-11)15-13(9-14(19)20)21-16-17-7-8-18(15)16/h3-8,10H,9H2,1-2H3,(H,19,20). The fourth-order valence-corrected chi connectivity index (χ4v) is 3.50. The van der Waals surface area contributed by atoms with Gasteiger partial charge in [0.25, 0.3) is 0 Å². The zero-order valence-corrected chi connectivity index (χ0v) is 12.7. The molecule has 5 heteroatoms. The maximum atomic E-state index is 11.1. The number of thiazole rings is 1. The molecule has 0 fully saturated rings. The summed E-state index contributed by atoms with van der Waals surface area (Å²) in [4.78, 5) is 17.0. The first kappa shape index (κ1) is 13.8. The molecule has 2 aromatic heterocycles. The van der Waals surface area contributed by atoms with Gasteiger partial charge in [0.05, 0.1) is 12.1 Å². The molecule has 2 heterocycles. The monoisotopic (exact) mass is 300 g/mol. The molecule has 0 aliphatic carbocycles. The first-order valence-electron chi connectivity index (χ1n) is 6.83. The Balaban J connectivity index is 2.12. The Morgan fingerprint density at radius 3 is 2.67 bits per heavy atom. The van der Waals surface area contributed by atoms with E-state index >= 15 is 0 Å². The van der Waals surface area contributed by atoms with Crippen LogP contribution in [0.3, 0.4) is 0 Å². The molecule has 1 aromatic carbocycles. The van der Waals surface area contributed by atoms with Gasteiger partial charge in [-0.2, -0.15) is 0 Å². The second-order valence-corrected chi connectivity index (χ2v) is 6.36. The van der Waals surface area contributed by atoms with Gasteiger partial charge in [0.2, 0.25) is 0 Å². The lowest BCUT2D eigenvalue weighted by molar-refractivity contribution is -0.136. The molecule has 1 N–H and O–H groups in total. The number of aliphatic carboxylic acids is 1. The molecule has 0 atom stereocenters. The third-order valence-electron chi connectivity index (χ3n) is 3.49. The fourth-order valence-electron chi connectivity index (χ4n) is 2.41. The molecule has 0 radical (unpaired) electrons. The average Bonchev–Trinajstić information content (AvgIpc) is 2.98. The van der Waals surface area contributed by atoms with Crippen molar-refractivity contribution in [3.05, 3.63) is 47.1 Å². The lowest BCUT2D eigenvalue weighted by Gasteiger charge is -2.08. The molecule has 0 spiro atoms. The molecular formula is C16H16N2O2S. The van der Waals surface area contributed by atoms with Crippen LogP contribution >= 0.6 is 11.3 Å². The van der Waals surface area contributed by atoms with Crippen LogP contribution in [0, 0.1) is 0 Å². The first-order chi connectivity index (χ1) is 10.1. The number of hydrogen-bond donors (Lipinski definition) is 1. The summed E-state index contributed by atoms with van der Waals surface area (Å²) in [5, 5.41) is 9.09. The van der Waals surface area contributed by atoms with Crippen LogP contribution in [0.5, 0.6) is 0 Å². The van der Waals surface area contributed by atoms with E-state index in [2.05, 4.69) is 43.1 Å². The molecule has 0 saturated heterocycles. The number of fused-ring (bicyclic) bond motifs is 1. The van der Waals surface area contributed by atoms with Gasteiger partial charge in [-0.15, -0.1) is 11.3 Å². The van der Waals surface area contributed by atoms with Gasteiger partial charge in [-0.3, -0.25) is 9.20 Å². The van der Waals surface area contributed by atoms with E-state index in [-0.39, 0.29) is 6.42 Å². The Kier molecular flexibility index (Phi) is 3.51. The maximum absolute atomic E-state index is 11.1. The maximum Gasteiger partial charge on any atom is 0.308 e. The minimum absolute atomic E-state index is 0.0231. The van der Waals surface area contributed by atoms with Gasteiger partial charge in [0.15, 0.2) is 4.96 Å². The highest BCUT2D eigenvalue weighted by atomic mass is 32.1. The number of nitrogens with zero attached hydrogens (tertiary/aromatic N) is 2. The molecule has 3 aromatic rings. The van der Waals surface area contributed by atoms with Gasteiger partial charge < -0.3 is 5.11 Å². The molecule has 0 amide bonds. The van der Waals surface area contributed by atoms with Gasteiger partial charge >= 0.3 is 5.97 Å². The van der Waals surface area contributed by atoms with E-state index in [4.69, 9.17) is 5.11 Å². The van der Waals surface area contributed by atoms with Gasteiger partial charge in [0, 0.05) is 17.3 Å². The summed E-state index contributed by atoms with van der Waals surface area (Å²) in [6, 6.07) is 8.32. The van der Waals surface area contributed by atoms with E-state index in [1.807, 2.05) is 10.6 Å². The summed E-state index contributed by atoms with van der Waals surface area (Å²) in [5.74, 6) is -0.340. The van der Waals surface area contributed by atoms with Crippen molar-refractivity contribution in [1.29, 1.82) is 0 Å². The molecular weight excluding hydrogens is 284 g/mol. The third-order valence-corrected chi connectivity index (χ3v) is 4.56. The molecule has 0 saturated carbocycles. The predicted octanol–water partition coefficient (Wildman–Crippen LogP) is 3.81. The summed E-state index contributed by atoms with van der Waals surface area (Å²) in [6.07, 6.45) is 3.64.